The monoisotopic (exact) mass is 575 g/mol. The summed E-state index contributed by atoms with van der Waals surface area (Å²) in [5.41, 5.74) is 8.47. The second-order valence-electron chi connectivity index (χ2n) is 11.8. The zero-order valence-electron chi connectivity index (χ0n) is 24.8. The molecule has 0 radical (unpaired) electrons. The number of benzene rings is 5. The molecule has 0 bridgehead atoms. The fourth-order valence-corrected chi connectivity index (χ4v) is 7.81. The van der Waals surface area contributed by atoms with Crippen LogP contribution in [0.4, 0.5) is 0 Å². The zero-order valence-corrected chi connectivity index (χ0v) is 25.6. The van der Waals surface area contributed by atoms with Crippen molar-refractivity contribution in [2.24, 2.45) is 0 Å². The number of hydrogen-bond donors (Lipinski definition) is 0. The van der Waals surface area contributed by atoms with E-state index in [0.717, 1.165) is 47.2 Å². The maximum atomic E-state index is 4.73. The van der Waals surface area contributed by atoms with Gasteiger partial charge in [-0.3, -0.25) is 4.40 Å². The van der Waals surface area contributed by atoms with E-state index in [-0.39, 0.29) is 0 Å². The van der Waals surface area contributed by atoms with E-state index in [1.165, 1.54) is 53.2 Å². The highest BCUT2D eigenvalue weighted by molar-refractivity contribution is 7.26. The van der Waals surface area contributed by atoms with Crippen molar-refractivity contribution in [1.82, 2.24) is 14.6 Å². The predicted molar refractivity (Wildman–Crippen MR) is 184 cm³/mol. The van der Waals surface area contributed by atoms with Crippen LogP contribution in [0.5, 0.6) is 0 Å². The number of thiophene rings is 1. The molecule has 0 aliphatic carbocycles. The van der Waals surface area contributed by atoms with Crippen molar-refractivity contribution in [3.63, 3.8) is 0 Å². The predicted octanol–water partition coefficient (Wildman–Crippen LogP) is 11.2. The van der Waals surface area contributed by atoms with Crippen LogP contribution < -0.4 is 0 Å². The normalized spacial score (nSPS) is 12.7. The van der Waals surface area contributed by atoms with E-state index in [1.54, 1.807) is 0 Å². The molecule has 3 aromatic heterocycles. The van der Waals surface area contributed by atoms with Gasteiger partial charge in [-0.2, -0.15) is 0 Å². The smallest absolute Gasteiger partial charge is 0.169 e. The Morgan fingerprint density at radius 3 is 2.23 bits per heavy atom. The minimum Gasteiger partial charge on any atom is -0.274 e. The number of nitrogens with zero attached hydrogens (tertiary/aromatic N) is 3. The van der Waals surface area contributed by atoms with Gasteiger partial charge < -0.3 is 0 Å². The summed E-state index contributed by atoms with van der Waals surface area (Å²) < 4.78 is 4.95. The highest BCUT2D eigenvalue weighted by Crippen LogP contribution is 2.43. The van der Waals surface area contributed by atoms with E-state index >= 15 is 0 Å². The second kappa shape index (κ2) is 10.3. The van der Waals surface area contributed by atoms with Gasteiger partial charge in [-0.15, -0.1) is 21.5 Å². The molecule has 1 atom stereocenters. The van der Waals surface area contributed by atoms with E-state index in [9.17, 15) is 0 Å². The number of pyridine rings is 1. The van der Waals surface area contributed by atoms with Crippen molar-refractivity contribution < 1.29 is 0 Å². The maximum absolute atomic E-state index is 4.73. The van der Waals surface area contributed by atoms with Gasteiger partial charge in [0, 0.05) is 36.5 Å². The molecule has 0 fully saturated rings. The van der Waals surface area contributed by atoms with Crippen LogP contribution in [0.3, 0.4) is 0 Å². The minimum absolute atomic E-state index is 0.502. The number of aryl methyl sites for hydroxylation is 1. The molecule has 0 saturated heterocycles. The lowest BCUT2D eigenvalue weighted by Gasteiger charge is -2.13. The number of fused-ring (bicyclic) bond motifs is 9. The van der Waals surface area contributed by atoms with E-state index in [2.05, 4.69) is 128 Å². The first-order chi connectivity index (χ1) is 21.1. The molecular formula is C39H33N3S. The summed E-state index contributed by atoms with van der Waals surface area (Å²) in [6, 6.07) is 37.9. The van der Waals surface area contributed by atoms with Crippen LogP contribution in [0.2, 0.25) is 0 Å². The fraction of sp³-hybridized carbons (Fsp3) is 0.179. The summed E-state index contributed by atoms with van der Waals surface area (Å²) in [6.07, 6.45) is 3.40. The van der Waals surface area contributed by atoms with Crippen molar-refractivity contribution in [2.45, 2.75) is 46.0 Å². The molecule has 3 heterocycles. The second-order valence-corrected chi connectivity index (χ2v) is 12.8. The van der Waals surface area contributed by atoms with E-state index in [0.29, 0.717) is 5.92 Å². The third-order valence-corrected chi connectivity index (χ3v) is 10.3. The van der Waals surface area contributed by atoms with Gasteiger partial charge in [0.15, 0.2) is 11.5 Å². The fourth-order valence-electron chi connectivity index (χ4n) is 6.61. The molecule has 8 rings (SSSR count). The van der Waals surface area contributed by atoms with Crippen LogP contribution in [-0.2, 0) is 6.42 Å². The minimum atomic E-state index is 0.502. The average molecular weight is 576 g/mol. The van der Waals surface area contributed by atoms with Crippen molar-refractivity contribution in [3.8, 4) is 22.5 Å². The number of hydrogen-bond acceptors (Lipinski definition) is 3. The van der Waals surface area contributed by atoms with E-state index < -0.39 is 0 Å². The molecule has 43 heavy (non-hydrogen) atoms. The van der Waals surface area contributed by atoms with Gasteiger partial charge in [0.05, 0.1) is 5.52 Å². The van der Waals surface area contributed by atoms with Gasteiger partial charge in [0.25, 0.3) is 0 Å². The Balaban J connectivity index is 1.30. The van der Waals surface area contributed by atoms with Gasteiger partial charge >= 0.3 is 0 Å². The van der Waals surface area contributed by atoms with Crippen LogP contribution in [0, 0.1) is 0 Å². The van der Waals surface area contributed by atoms with Crippen LogP contribution in [0.1, 0.15) is 50.7 Å². The van der Waals surface area contributed by atoms with Crippen molar-refractivity contribution in [1.29, 1.82) is 0 Å². The summed E-state index contributed by atoms with van der Waals surface area (Å²) in [6.45, 7) is 6.88. The Bertz CT molecular complexity index is 2310. The van der Waals surface area contributed by atoms with E-state index in [4.69, 9.17) is 10.2 Å². The summed E-state index contributed by atoms with van der Waals surface area (Å²) in [5, 5.41) is 15.7. The molecular weight excluding hydrogens is 543 g/mol. The first-order valence-corrected chi connectivity index (χ1v) is 16.2. The molecule has 4 heteroatoms. The van der Waals surface area contributed by atoms with Gasteiger partial charge in [-0.05, 0) is 76.7 Å². The summed E-state index contributed by atoms with van der Waals surface area (Å²) >= 11 is 1.92. The SMILES string of the molecule is CCCc1ccc2sc3c(-c4ccc(-c5nnc6c7ccccc7c7ccccc7n56)cc4)cc(C(C)CC)cc3c2c1. The topological polar surface area (TPSA) is 30.2 Å². The van der Waals surface area contributed by atoms with E-state index in [1.807, 2.05) is 11.3 Å². The number of para-hydroxylation sites is 1. The molecule has 8 aromatic rings. The Hall–Kier alpha value is -4.54. The molecule has 210 valence electrons. The van der Waals surface area contributed by atoms with Crippen molar-refractivity contribution >= 4 is 58.8 Å². The average Bonchev–Trinajstić information content (AvgIpc) is 3.67. The van der Waals surface area contributed by atoms with Crippen LogP contribution in [0.25, 0.3) is 70.0 Å². The molecule has 0 amide bonds. The summed E-state index contributed by atoms with van der Waals surface area (Å²) in [5.74, 6) is 1.37. The zero-order chi connectivity index (χ0) is 29.1. The Morgan fingerprint density at radius 1 is 0.698 bits per heavy atom. The first-order valence-electron chi connectivity index (χ1n) is 15.4. The molecule has 3 nitrogen and oxygen atoms in total. The number of aromatic nitrogens is 3. The van der Waals surface area contributed by atoms with Crippen molar-refractivity contribution in [2.75, 3.05) is 0 Å². The molecule has 0 aliphatic rings. The Labute approximate surface area is 255 Å². The van der Waals surface area contributed by atoms with Crippen LogP contribution in [-0.4, -0.2) is 14.6 Å². The third kappa shape index (κ3) is 4.16. The quantitative estimate of drug-likeness (QED) is 0.185. The molecule has 0 spiro atoms. The van der Waals surface area contributed by atoms with Crippen LogP contribution >= 0.6 is 11.3 Å². The lowest BCUT2D eigenvalue weighted by molar-refractivity contribution is 0.735. The third-order valence-electron chi connectivity index (χ3n) is 9.10. The molecule has 5 aromatic carbocycles. The Morgan fingerprint density at radius 2 is 1.44 bits per heavy atom. The molecule has 1 unspecified atom stereocenters. The number of rotatable bonds is 6. The summed E-state index contributed by atoms with van der Waals surface area (Å²) in [4.78, 5) is 0. The highest BCUT2D eigenvalue weighted by Gasteiger charge is 2.18. The Kier molecular flexibility index (Phi) is 6.27. The lowest BCUT2D eigenvalue weighted by atomic mass is 9.92. The van der Waals surface area contributed by atoms with Gasteiger partial charge in [-0.1, -0.05) is 100.0 Å². The van der Waals surface area contributed by atoms with Gasteiger partial charge in [0.2, 0.25) is 0 Å². The lowest BCUT2D eigenvalue weighted by Crippen LogP contribution is -1.94. The van der Waals surface area contributed by atoms with Gasteiger partial charge in [0.1, 0.15) is 0 Å². The molecule has 0 aliphatic heterocycles. The van der Waals surface area contributed by atoms with Crippen molar-refractivity contribution in [3.05, 3.63) is 114 Å². The standard InChI is InChI=1S/C39H33N3S/c1-4-10-25-15-20-36-33(21-25)34-23-28(24(3)5-2)22-32(37(34)43-36)26-16-18-27(19-17-26)38-40-41-39-31-13-7-6-11-29(31)30-12-8-9-14-35(30)42(38)39/h6-9,11-24H,4-5,10H2,1-3H3. The van der Waals surface area contributed by atoms with Crippen LogP contribution in [0.15, 0.2) is 103 Å². The van der Waals surface area contributed by atoms with Gasteiger partial charge in [-0.25, -0.2) is 0 Å². The first kappa shape index (κ1) is 26.1. The molecule has 0 N–H and O–H groups in total. The summed E-state index contributed by atoms with van der Waals surface area (Å²) in [7, 11) is 0. The maximum Gasteiger partial charge on any atom is 0.169 e. The molecule has 0 saturated carbocycles. The largest absolute Gasteiger partial charge is 0.274 e. The highest BCUT2D eigenvalue weighted by atomic mass is 32.1.